The number of ether oxygens (including phenoxy) is 1. The lowest BCUT2D eigenvalue weighted by Gasteiger charge is -1.92. The zero-order valence-electron chi connectivity index (χ0n) is 6.92. The third kappa shape index (κ3) is 5.35. The van der Waals surface area contributed by atoms with E-state index in [9.17, 15) is 0 Å². The SMILES string of the molecule is CCC/C=C/N=C(C)OC. The first-order valence-electron chi connectivity index (χ1n) is 3.54. The van der Waals surface area contributed by atoms with Crippen molar-refractivity contribution in [1.29, 1.82) is 0 Å². The lowest BCUT2D eigenvalue weighted by Crippen LogP contribution is -1.90. The van der Waals surface area contributed by atoms with Crippen molar-refractivity contribution in [3.63, 3.8) is 0 Å². The molecule has 0 N–H and O–H groups in total. The Morgan fingerprint density at radius 3 is 2.80 bits per heavy atom. The van der Waals surface area contributed by atoms with E-state index in [0.29, 0.717) is 5.90 Å². The number of hydrogen-bond acceptors (Lipinski definition) is 2. The van der Waals surface area contributed by atoms with Gasteiger partial charge in [-0.15, -0.1) is 0 Å². The number of methoxy groups -OCH3 is 1. The molecule has 0 radical (unpaired) electrons. The van der Waals surface area contributed by atoms with Crippen LogP contribution in [0.5, 0.6) is 0 Å². The molecule has 0 aromatic heterocycles. The molecule has 0 saturated heterocycles. The second-order valence-corrected chi connectivity index (χ2v) is 2.03. The third-order valence-corrected chi connectivity index (χ3v) is 1.11. The Morgan fingerprint density at radius 1 is 1.60 bits per heavy atom. The summed E-state index contributed by atoms with van der Waals surface area (Å²) in [6.45, 7) is 3.97. The molecule has 0 aliphatic carbocycles. The molecule has 0 unspecified atom stereocenters. The van der Waals surface area contributed by atoms with E-state index in [4.69, 9.17) is 4.74 Å². The standard InChI is InChI=1S/C8H15NO/c1-4-5-6-7-9-8(2)10-3/h6-7H,4-5H2,1-3H3/b7-6+,9-8?. The number of hydrogen-bond donors (Lipinski definition) is 0. The van der Waals surface area contributed by atoms with Crippen molar-refractivity contribution in [2.24, 2.45) is 4.99 Å². The van der Waals surface area contributed by atoms with Crippen molar-refractivity contribution in [3.05, 3.63) is 12.3 Å². The Bertz CT molecular complexity index is 127. The zero-order valence-corrected chi connectivity index (χ0v) is 6.92. The third-order valence-electron chi connectivity index (χ3n) is 1.11. The summed E-state index contributed by atoms with van der Waals surface area (Å²) in [6, 6.07) is 0. The van der Waals surface area contributed by atoms with E-state index in [0.717, 1.165) is 12.8 Å². The van der Waals surface area contributed by atoms with Gasteiger partial charge in [0, 0.05) is 13.1 Å². The predicted molar refractivity (Wildman–Crippen MR) is 44.2 cm³/mol. The highest BCUT2D eigenvalue weighted by atomic mass is 16.5. The number of unbranched alkanes of at least 4 members (excludes halogenated alkanes) is 1. The van der Waals surface area contributed by atoms with Crippen LogP contribution >= 0.6 is 0 Å². The molecule has 2 nitrogen and oxygen atoms in total. The average molecular weight is 141 g/mol. The topological polar surface area (TPSA) is 21.6 Å². The van der Waals surface area contributed by atoms with Gasteiger partial charge in [-0.3, -0.25) is 0 Å². The predicted octanol–water partition coefficient (Wildman–Crippen LogP) is 2.37. The maximum Gasteiger partial charge on any atom is 0.184 e. The first-order valence-corrected chi connectivity index (χ1v) is 3.54. The minimum atomic E-state index is 0.701. The van der Waals surface area contributed by atoms with Crippen LogP contribution in [-0.2, 0) is 4.74 Å². The molecule has 0 saturated carbocycles. The van der Waals surface area contributed by atoms with Gasteiger partial charge < -0.3 is 4.74 Å². The zero-order chi connectivity index (χ0) is 7.82. The smallest absolute Gasteiger partial charge is 0.184 e. The van der Waals surface area contributed by atoms with Crippen molar-refractivity contribution in [1.82, 2.24) is 0 Å². The number of nitrogens with zero attached hydrogens (tertiary/aromatic N) is 1. The van der Waals surface area contributed by atoms with Gasteiger partial charge in [0.1, 0.15) is 0 Å². The van der Waals surface area contributed by atoms with Gasteiger partial charge >= 0.3 is 0 Å². The summed E-state index contributed by atoms with van der Waals surface area (Å²) in [6.07, 6.45) is 6.06. The quantitative estimate of drug-likeness (QED) is 0.436. The van der Waals surface area contributed by atoms with Crippen molar-refractivity contribution >= 4 is 5.90 Å². The lowest BCUT2D eigenvalue weighted by molar-refractivity contribution is 0.400. The minimum absolute atomic E-state index is 0.701. The summed E-state index contributed by atoms with van der Waals surface area (Å²) >= 11 is 0. The normalized spacial score (nSPS) is 12.5. The molecule has 10 heavy (non-hydrogen) atoms. The molecule has 0 rings (SSSR count). The Kier molecular flexibility index (Phi) is 5.83. The van der Waals surface area contributed by atoms with E-state index >= 15 is 0 Å². The van der Waals surface area contributed by atoms with E-state index in [1.54, 1.807) is 13.3 Å². The molecular formula is C8H15NO. The Labute approximate surface area is 62.6 Å². The van der Waals surface area contributed by atoms with Gasteiger partial charge in [-0.2, -0.15) is 0 Å². The van der Waals surface area contributed by atoms with E-state index in [1.165, 1.54) is 0 Å². The lowest BCUT2D eigenvalue weighted by atomic mass is 10.3. The van der Waals surface area contributed by atoms with Gasteiger partial charge in [0.15, 0.2) is 5.90 Å². The maximum absolute atomic E-state index is 4.83. The molecule has 0 heterocycles. The van der Waals surface area contributed by atoms with Crippen molar-refractivity contribution < 1.29 is 4.74 Å². The molecule has 0 aliphatic heterocycles. The van der Waals surface area contributed by atoms with Gasteiger partial charge in [0.25, 0.3) is 0 Å². The Hall–Kier alpha value is -0.790. The second kappa shape index (κ2) is 6.33. The maximum atomic E-state index is 4.83. The van der Waals surface area contributed by atoms with E-state index in [2.05, 4.69) is 11.9 Å². The summed E-state index contributed by atoms with van der Waals surface area (Å²) in [4.78, 5) is 3.99. The highest BCUT2D eigenvalue weighted by molar-refractivity contribution is 5.73. The molecule has 0 spiro atoms. The van der Waals surface area contributed by atoms with Crippen LogP contribution in [0.1, 0.15) is 26.7 Å². The molecule has 0 aliphatic rings. The monoisotopic (exact) mass is 141 g/mol. The van der Waals surface area contributed by atoms with Crippen LogP contribution in [0.2, 0.25) is 0 Å². The second-order valence-electron chi connectivity index (χ2n) is 2.03. The van der Waals surface area contributed by atoms with Gasteiger partial charge in [-0.25, -0.2) is 4.99 Å². The van der Waals surface area contributed by atoms with Crippen LogP contribution in [0.3, 0.4) is 0 Å². The van der Waals surface area contributed by atoms with Gasteiger partial charge in [-0.1, -0.05) is 19.4 Å². The molecule has 0 atom stereocenters. The summed E-state index contributed by atoms with van der Waals surface area (Å²) in [7, 11) is 1.62. The van der Waals surface area contributed by atoms with Crippen LogP contribution in [0.4, 0.5) is 0 Å². The molecular weight excluding hydrogens is 126 g/mol. The molecule has 0 aromatic carbocycles. The summed E-state index contributed by atoms with van der Waals surface area (Å²) in [5.41, 5.74) is 0. The molecule has 0 bridgehead atoms. The summed E-state index contributed by atoms with van der Waals surface area (Å²) in [5, 5.41) is 0. The van der Waals surface area contributed by atoms with Crippen LogP contribution in [0.25, 0.3) is 0 Å². The van der Waals surface area contributed by atoms with E-state index < -0.39 is 0 Å². The van der Waals surface area contributed by atoms with Crippen LogP contribution in [0, 0.1) is 0 Å². The van der Waals surface area contributed by atoms with Crippen molar-refractivity contribution in [2.75, 3.05) is 7.11 Å². The molecule has 0 amide bonds. The van der Waals surface area contributed by atoms with Crippen molar-refractivity contribution in [3.8, 4) is 0 Å². The summed E-state index contributed by atoms with van der Waals surface area (Å²) in [5.74, 6) is 0.701. The number of allylic oxidation sites excluding steroid dienone is 1. The average Bonchev–Trinajstić information content (AvgIpc) is 1.98. The minimum Gasteiger partial charge on any atom is -0.484 e. The molecule has 0 fully saturated rings. The van der Waals surface area contributed by atoms with Crippen LogP contribution in [0.15, 0.2) is 17.3 Å². The molecule has 2 heteroatoms. The highest BCUT2D eigenvalue weighted by Gasteiger charge is 1.78. The largest absolute Gasteiger partial charge is 0.484 e. The fourth-order valence-electron chi connectivity index (χ4n) is 0.452. The molecule has 58 valence electrons. The first-order chi connectivity index (χ1) is 4.81. The van der Waals surface area contributed by atoms with Gasteiger partial charge in [0.2, 0.25) is 0 Å². The fourth-order valence-corrected chi connectivity index (χ4v) is 0.452. The van der Waals surface area contributed by atoms with Gasteiger partial charge in [0.05, 0.1) is 7.11 Å². The van der Waals surface area contributed by atoms with Crippen LogP contribution < -0.4 is 0 Å². The number of aliphatic imine (C=N–C) groups is 1. The van der Waals surface area contributed by atoms with Crippen molar-refractivity contribution in [2.45, 2.75) is 26.7 Å². The first kappa shape index (κ1) is 9.21. The van der Waals surface area contributed by atoms with E-state index in [1.807, 2.05) is 13.0 Å². The number of rotatable bonds is 3. The summed E-state index contributed by atoms with van der Waals surface area (Å²) < 4.78 is 4.83. The molecule has 0 aromatic rings. The van der Waals surface area contributed by atoms with E-state index in [-0.39, 0.29) is 0 Å². The Morgan fingerprint density at radius 2 is 2.30 bits per heavy atom. The Balaban J connectivity index is 3.49. The van der Waals surface area contributed by atoms with Gasteiger partial charge in [-0.05, 0) is 6.42 Å². The highest BCUT2D eigenvalue weighted by Crippen LogP contribution is 1.89. The van der Waals surface area contributed by atoms with Crippen LogP contribution in [-0.4, -0.2) is 13.0 Å². The fraction of sp³-hybridized carbons (Fsp3) is 0.625.